The highest BCUT2D eigenvalue weighted by Gasteiger charge is 2.39. The Hall–Kier alpha value is -3.38. The second-order valence-electron chi connectivity index (χ2n) is 7.12. The van der Waals surface area contributed by atoms with Crippen LogP contribution in [0, 0.1) is 5.82 Å². The number of nitrogens with zero attached hydrogens (tertiary/aromatic N) is 1. The minimum Gasteiger partial charge on any atom is -0.497 e. The van der Waals surface area contributed by atoms with E-state index in [0.29, 0.717) is 33.8 Å². The minimum absolute atomic E-state index is 0.0360. The van der Waals surface area contributed by atoms with Gasteiger partial charge in [0.15, 0.2) is 0 Å². The number of amides is 2. The number of fused-ring (bicyclic) bond motifs is 1. The summed E-state index contributed by atoms with van der Waals surface area (Å²) in [5.41, 5.74) is 1.58. The summed E-state index contributed by atoms with van der Waals surface area (Å²) in [6, 6.07) is 15.3. The number of carbonyl (C=O) groups is 2. The molecule has 1 aliphatic rings. The van der Waals surface area contributed by atoms with Gasteiger partial charge >= 0.3 is 0 Å². The summed E-state index contributed by atoms with van der Waals surface area (Å²) in [6.45, 7) is 1.71. The molecule has 3 aromatic carbocycles. The van der Waals surface area contributed by atoms with E-state index in [4.69, 9.17) is 21.1 Å². The minimum atomic E-state index is -0.741. The predicted molar refractivity (Wildman–Crippen MR) is 114 cm³/mol. The molecule has 0 saturated heterocycles. The van der Waals surface area contributed by atoms with Crippen molar-refractivity contribution in [2.75, 3.05) is 7.11 Å². The summed E-state index contributed by atoms with van der Waals surface area (Å²) in [5, 5.41) is 0.159. The average molecular weight is 440 g/mol. The second kappa shape index (κ2) is 8.40. The van der Waals surface area contributed by atoms with E-state index in [2.05, 4.69) is 0 Å². The number of carbonyl (C=O) groups excluding carboxylic acids is 2. The summed E-state index contributed by atoms with van der Waals surface area (Å²) >= 11 is 6.33. The van der Waals surface area contributed by atoms with E-state index in [9.17, 15) is 14.0 Å². The zero-order valence-corrected chi connectivity index (χ0v) is 17.7. The molecule has 5 nitrogen and oxygen atoms in total. The topological polar surface area (TPSA) is 55.8 Å². The Morgan fingerprint density at radius 3 is 2.13 bits per heavy atom. The average Bonchev–Trinajstić information content (AvgIpc) is 3.03. The Labute approximate surface area is 184 Å². The Balaban J connectivity index is 1.65. The normalized spacial score (nSPS) is 13.9. The second-order valence-corrected chi connectivity index (χ2v) is 7.53. The van der Waals surface area contributed by atoms with Gasteiger partial charge in [0.1, 0.15) is 23.9 Å². The molecule has 2 amide bonds. The van der Waals surface area contributed by atoms with E-state index >= 15 is 0 Å². The third-order valence-corrected chi connectivity index (χ3v) is 5.64. The van der Waals surface area contributed by atoms with Crippen LogP contribution >= 0.6 is 11.6 Å². The first kappa shape index (κ1) is 20.9. The van der Waals surface area contributed by atoms with Gasteiger partial charge in [-0.1, -0.05) is 23.7 Å². The van der Waals surface area contributed by atoms with Crippen molar-refractivity contribution in [3.63, 3.8) is 0 Å². The van der Waals surface area contributed by atoms with Gasteiger partial charge < -0.3 is 9.47 Å². The van der Waals surface area contributed by atoms with Gasteiger partial charge in [-0.25, -0.2) is 4.39 Å². The van der Waals surface area contributed by atoms with Crippen LogP contribution in [0.25, 0.3) is 0 Å². The lowest BCUT2D eigenvalue weighted by Gasteiger charge is -2.26. The molecule has 1 aliphatic heterocycles. The van der Waals surface area contributed by atoms with Crippen LogP contribution in [0.15, 0.2) is 60.7 Å². The van der Waals surface area contributed by atoms with Crippen molar-refractivity contribution in [2.24, 2.45) is 0 Å². The van der Waals surface area contributed by atoms with Gasteiger partial charge in [-0.3, -0.25) is 14.5 Å². The quantitative estimate of drug-likeness (QED) is 0.481. The number of hydrogen-bond acceptors (Lipinski definition) is 4. The van der Waals surface area contributed by atoms with E-state index in [1.165, 1.54) is 12.1 Å². The first-order valence-corrected chi connectivity index (χ1v) is 10.00. The molecule has 0 N–H and O–H groups in total. The number of ether oxygens (including phenoxy) is 2. The first-order chi connectivity index (χ1) is 14.9. The molecule has 0 radical (unpaired) electrons. The third kappa shape index (κ3) is 3.86. The van der Waals surface area contributed by atoms with E-state index in [0.717, 1.165) is 4.90 Å². The van der Waals surface area contributed by atoms with Crippen molar-refractivity contribution < 1.29 is 23.5 Å². The molecule has 1 atom stereocenters. The number of halogens is 2. The maximum atomic E-state index is 14.2. The van der Waals surface area contributed by atoms with Gasteiger partial charge in [0.05, 0.1) is 29.3 Å². The fraction of sp³-hybridized carbons (Fsp3) is 0.167. The zero-order valence-electron chi connectivity index (χ0n) is 16.9. The predicted octanol–water partition coefficient (Wildman–Crippen LogP) is 5.42. The van der Waals surface area contributed by atoms with E-state index in [1.807, 2.05) is 0 Å². The van der Waals surface area contributed by atoms with Crippen molar-refractivity contribution in [2.45, 2.75) is 19.6 Å². The van der Waals surface area contributed by atoms with Crippen LogP contribution in [-0.4, -0.2) is 23.8 Å². The molecule has 158 valence electrons. The van der Waals surface area contributed by atoms with Gasteiger partial charge in [-0.2, -0.15) is 0 Å². The lowest BCUT2D eigenvalue weighted by molar-refractivity contribution is 0.0593. The van der Waals surface area contributed by atoms with Gasteiger partial charge in [0, 0.05) is 5.56 Å². The number of hydrogen-bond donors (Lipinski definition) is 0. The van der Waals surface area contributed by atoms with Crippen LogP contribution in [0.3, 0.4) is 0 Å². The molecule has 0 spiro atoms. The van der Waals surface area contributed by atoms with E-state index in [1.54, 1.807) is 62.6 Å². The van der Waals surface area contributed by atoms with Crippen LogP contribution in [0.2, 0.25) is 5.02 Å². The lowest BCUT2D eigenvalue weighted by atomic mass is 10.00. The summed E-state index contributed by atoms with van der Waals surface area (Å²) in [6.07, 6.45) is 0. The molecule has 0 unspecified atom stereocenters. The first-order valence-electron chi connectivity index (χ1n) is 9.62. The Morgan fingerprint density at radius 2 is 1.55 bits per heavy atom. The maximum absolute atomic E-state index is 14.2. The van der Waals surface area contributed by atoms with Crippen LogP contribution in [0.1, 0.15) is 44.8 Å². The molecule has 4 rings (SSSR count). The summed E-state index contributed by atoms with van der Waals surface area (Å²) in [7, 11) is 1.57. The molecular formula is C24H19ClFNO4. The monoisotopic (exact) mass is 439 g/mol. The zero-order chi connectivity index (χ0) is 22.1. The number of benzene rings is 3. The molecule has 1 heterocycles. The molecule has 0 bridgehead atoms. The molecule has 0 aliphatic carbocycles. The molecule has 0 fully saturated rings. The fourth-order valence-corrected chi connectivity index (χ4v) is 3.94. The fourth-order valence-electron chi connectivity index (χ4n) is 3.67. The molecule has 0 saturated carbocycles. The van der Waals surface area contributed by atoms with Crippen molar-refractivity contribution in [1.82, 2.24) is 4.90 Å². The Kier molecular flexibility index (Phi) is 5.65. The van der Waals surface area contributed by atoms with Gasteiger partial charge in [-0.05, 0) is 61.0 Å². The molecule has 31 heavy (non-hydrogen) atoms. The largest absolute Gasteiger partial charge is 0.497 e. The third-order valence-electron chi connectivity index (χ3n) is 5.30. The van der Waals surface area contributed by atoms with Crippen LogP contribution in [0.5, 0.6) is 11.5 Å². The smallest absolute Gasteiger partial charge is 0.262 e. The molecular weight excluding hydrogens is 421 g/mol. The highest BCUT2D eigenvalue weighted by molar-refractivity contribution is 6.31. The van der Waals surface area contributed by atoms with Gasteiger partial charge in [-0.15, -0.1) is 0 Å². The highest BCUT2D eigenvalue weighted by atomic mass is 35.5. The molecule has 7 heteroatoms. The Bertz CT molecular complexity index is 1130. The summed E-state index contributed by atoms with van der Waals surface area (Å²) in [5.74, 6) is -0.143. The van der Waals surface area contributed by atoms with Crippen LogP contribution in [-0.2, 0) is 6.61 Å². The van der Waals surface area contributed by atoms with Gasteiger partial charge in [0.2, 0.25) is 0 Å². The van der Waals surface area contributed by atoms with Crippen LogP contribution in [0.4, 0.5) is 4.39 Å². The van der Waals surface area contributed by atoms with Crippen molar-refractivity contribution >= 4 is 23.4 Å². The molecule has 0 aromatic heterocycles. The number of imide groups is 1. The van der Waals surface area contributed by atoms with Crippen molar-refractivity contribution in [1.29, 1.82) is 0 Å². The van der Waals surface area contributed by atoms with Crippen LogP contribution < -0.4 is 9.47 Å². The standard InChI is InChI=1S/C24H19ClFNO4/c1-14(27-23(28)18-5-3-4-6-19(18)24(27)29)20-11-15(26)12-22(25)21(20)13-31-17-9-7-16(30-2)8-10-17/h3-12,14H,13H2,1-2H3/t14-/m0/s1. The summed E-state index contributed by atoms with van der Waals surface area (Å²) in [4.78, 5) is 26.9. The van der Waals surface area contributed by atoms with Crippen molar-refractivity contribution in [3.05, 3.63) is 93.8 Å². The van der Waals surface area contributed by atoms with E-state index in [-0.39, 0.29) is 11.6 Å². The number of rotatable bonds is 6. The lowest BCUT2D eigenvalue weighted by Crippen LogP contribution is -2.33. The SMILES string of the molecule is COc1ccc(OCc2c(Cl)cc(F)cc2[C@H](C)N2C(=O)c3ccccc3C2=O)cc1. The van der Waals surface area contributed by atoms with Gasteiger partial charge in [0.25, 0.3) is 11.8 Å². The maximum Gasteiger partial charge on any atom is 0.262 e. The highest BCUT2D eigenvalue weighted by Crippen LogP contribution is 2.35. The number of methoxy groups -OCH3 is 1. The van der Waals surface area contributed by atoms with Crippen molar-refractivity contribution in [3.8, 4) is 11.5 Å². The van der Waals surface area contributed by atoms with E-state index < -0.39 is 23.7 Å². The molecule has 3 aromatic rings. The summed E-state index contributed by atoms with van der Waals surface area (Å²) < 4.78 is 25.2. The Morgan fingerprint density at radius 1 is 0.968 bits per heavy atom.